The van der Waals surface area contributed by atoms with E-state index in [9.17, 15) is 34.8 Å². The zero-order valence-corrected chi connectivity index (χ0v) is 32.6. The summed E-state index contributed by atoms with van der Waals surface area (Å²) in [6.45, 7) is 3.60. The van der Waals surface area contributed by atoms with Gasteiger partial charge in [0.2, 0.25) is 5.91 Å². The van der Waals surface area contributed by atoms with Crippen LogP contribution in [-0.4, -0.2) is 135 Å². The first-order valence-corrected chi connectivity index (χ1v) is 19.4. The lowest BCUT2D eigenvalue weighted by molar-refractivity contribution is -0.282. The smallest absolute Gasteiger partial charge is 0.407 e. The number of carboxylic acid groups (broad SMARTS) is 1. The molecule has 5 rings (SSSR count). The second-order valence-electron chi connectivity index (χ2n) is 14.6. The van der Waals surface area contributed by atoms with Crippen LogP contribution in [0.5, 0.6) is 0 Å². The number of benzene rings is 2. The van der Waals surface area contributed by atoms with Crippen LogP contribution in [0, 0.1) is 18.8 Å². The largest absolute Gasteiger partial charge is 0.465 e. The second-order valence-corrected chi connectivity index (χ2v) is 15.0. The van der Waals surface area contributed by atoms with Gasteiger partial charge in [-0.05, 0) is 49.1 Å². The number of aliphatic hydroxyl groups is 3. The summed E-state index contributed by atoms with van der Waals surface area (Å²) in [6.07, 6.45) is -4.87. The van der Waals surface area contributed by atoms with E-state index in [1.807, 2.05) is 49.4 Å². The number of nitrogens with two attached hydrogens (primary N) is 2. The average Bonchev–Trinajstić information content (AvgIpc) is 3.20. The maximum absolute atomic E-state index is 13.0. The number of hydrogen-bond acceptors (Lipinski definition) is 13. The van der Waals surface area contributed by atoms with E-state index in [1.165, 1.54) is 4.90 Å². The van der Waals surface area contributed by atoms with Gasteiger partial charge in [-0.25, -0.2) is 14.8 Å². The van der Waals surface area contributed by atoms with Crippen molar-refractivity contribution < 1.29 is 44.3 Å². The van der Waals surface area contributed by atoms with E-state index in [1.54, 1.807) is 17.0 Å². The van der Waals surface area contributed by atoms with Gasteiger partial charge in [-0.3, -0.25) is 9.59 Å². The number of ether oxygens (including phenoxy) is 2. The Labute approximate surface area is 336 Å². The normalized spacial score (nSPS) is 20.4. The molecule has 2 aliphatic heterocycles. The van der Waals surface area contributed by atoms with E-state index >= 15 is 0 Å². The number of aliphatic hydroxyl groups excluding tert-OH is 3. The fraction of sp³-hybridized carbons (Fsp3) is 0.513. The number of nitrogens with one attached hydrogen (secondary N) is 2. The summed E-state index contributed by atoms with van der Waals surface area (Å²) in [5.41, 5.74) is 14.1. The molecule has 3 amide bonds. The Morgan fingerprint density at radius 3 is 2.42 bits per heavy atom. The van der Waals surface area contributed by atoms with Gasteiger partial charge in [0.25, 0.3) is 5.91 Å². The van der Waals surface area contributed by atoms with Gasteiger partial charge >= 0.3 is 6.09 Å². The van der Waals surface area contributed by atoms with Gasteiger partial charge in [0.05, 0.1) is 12.7 Å². The molecule has 3 aromatic rings. The van der Waals surface area contributed by atoms with Crippen molar-refractivity contribution in [1.82, 2.24) is 30.4 Å². The number of likely N-dealkylation sites (tertiary alicyclic amines) is 1. The molecule has 6 atom stereocenters. The molecule has 57 heavy (non-hydrogen) atoms. The monoisotopic (exact) mass is 812 g/mol. The van der Waals surface area contributed by atoms with E-state index in [0.29, 0.717) is 32.4 Å². The minimum absolute atomic E-state index is 0.0184. The molecule has 0 radical (unpaired) electrons. The van der Waals surface area contributed by atoms with Crippen LogP contribution in [0.1, 0.15) is 52.7 Å². The van der Waals surface area contributed by atoms with Crippen LogP contribution in [0.3, 0.4) is 0 Å². The zero-order chi connectivity index (χ0) is 41.1. The van der Waals surface area contributed by atoms with E-state index in [2.05, 4.69) is 20.6 Å². The third-order valence-electron chi connectivity index (χ3n) is 10.4. The summed E-state index contributed by atoms with van der Waals surface area (Å²) >= 11 is 5.97. The lowest BCUT2D eigenvalue weighted by Gasteiger charge is -2.38. The summed E-state index contributed by atoms with van der Waals surface area (Å²) in [5, 5.41) is 47.7. The number of halogens is 1. The summed E-state index contributed by atoms with van der Waals surface area (Å²) in [4.78, 5) is 49.6. The highest BCUT2D eigenvalue weighted by atomic mass is 35.5. The molecule has 0 saturated carbocycles. The van der Waals surface area contributed by atoms with Gasteiger partial charge in [0.1, 0.15) is 18.3 Å². The van der Waals surface area contributed by atoms with E-state index < -0.39 is 42.7 Å². The Hall–Kier alpha value is -4.62. The highest BCUT2D eigenvalue weighted by Crippen LogP contribution is 2.29. The summed E-state index contributed by atoms with van der Waals surface area (Å²) < 4.78 is 11.3. The first-order chi connectivity index (χ1) is 27.3. The Kier molecular flexibility index (Phi) is 15.8. The summed E-state index contributed by atoms with van der Waals surface area (Å²) in [7, 11) is 0. The predicted octanol–water partition coefficient (Wildman–Crippen LogP) is 1.59. The van der Waals surface area contributed by atoms with Crippen LogP contribution < -0.4 is 22.1 Å². The standard InChI is InChI=1S/C39H53ClN8O9/c1-23-7-5-6-10-27(23)17-25(18-44-37(53)31-35(41)46-36(42)34(40)45-31)21-48(39(54)55)20-24-12-15-47(16-13-24)30(51)11-14-43-19-28(49)32(52)33-29(50)22-56-38(57-33)26-8-3-2-4-9-26/h2-10,24-25,28-29,32-33,38,43,49-50,52H,11-22H2,1H3,(H,44,53)(H,54,55)(H4,41,42,46)/t25?,28-,29-,32-,33-,38-/m1/s1. The lowest BCUT2D eigenvalue weighted by atomic mass is 9.93. The molecule has 1 unspecified atom stereocenters. The van der Waals surface area contributed by atoms with Gasteiger partial charge in [0, 0.05) is 57.8 Å². The number of anilines is 2. The van der Waals surface area contributed by atoms with Gasteiger partial charge in [0.15, 0.2) is 28.8 Å². The molecule has 3 heterocycles. The van der Waals surface area contributed by atoms with E-state index in [0.717, 1.165) is 16.7 Å². The fourth-order valence-corrected chi connectivity index (χ4v) is 7.22. The van der Waals surface area contributed by atoms with Crippen LogP contribution in [0.25, 0.3) is 0 Å². The van der Waals surface area contributed by atoms with Gasteiger partial charge in [-0.1, -0.05) is 66.2 Å². The summed E-state index contributed by atoms with van der Waals surface area (Å²) in [5.74, 6) is -1.25. The molecular weight excluding hydrogens is 760 g/mol. The number of amides is 3. The fourth-order valence-electron chi connectivity index (χ4n) is 7.09. The lowest BCUT2D eigenvalue weighted by Crippen LogP contribution is -2.53. The molecular formula is C39H53ClN8O9. The highest BCUT2D eigenvalue weighted by Gasteiger charge is 2.39. The number of carbonyl (C=O) groups excluding carboxylic acids is 2. The van der Waals surface area contributed by atoms with Crippen LogP contribution in [0.15, 0.2) is 54.6 Å². The maximum atomic E-state index is 13.0. The van der Waals surface area contributed by atoms with Crippen molar-refractivity contribution in [1.29, 1.82) is 0 Å². The molecule has 0 bridgehead atoms. The first kappa shape index (κ1) is 43.5. The first-order valence-electron chi connectivity index (χ1n) is 19.0. The van der Waals surface area contributed by atoms with Crippen molar-refractivity contribution in [3.05, 3.63) is 82.1 Å². The Balaban J connectivity index is 1.07. The van der Waals surface area contributed by atoms with Crippen molar-refractivity contribution >= 4 is 41.1 Å². The van der Waals surface area contributed by atoms with Gasteiger partial charge in [-0.2, -0.15) is 0 Å². The Morgan fingerprint density at radius 1 is 1.02 bits per heavy atom. The third kappa shape index (κ3) is 12.2. The van der Waals surface area contributed by atoms with Gasteiger partial charge < -0.3 is 61.8 Å². The number of piperidine rings is 1. The number of hydrogen-bond donors (Lipinski definition) is 8. The second kappa shape index (κ2) is 20.7. The van der Waals surface area contributed by atoms with Crippen molar-refractivity contribution in [2.24, 2.45) is 11.8 Å². The number of aromatic nitrogens is 2. The number of rotatable bonds is 17. The minimum Gasteiger partial charge on any atom is -0.465 e. The van der Waals surface area contributed by atoms with Crippen LogP contribution in [-0.2, 0) is 20.7 Å². The van der Waals surface area contributed by atoms with Crippen LogP contribution >= 0.6 is 11.6 Å². The SMILES string of the molecule is Cc1ccccc1CC(CNC(=O)c1nc(Cl)c(N)nc1N)CN(CC1CCN(C(=O)CCNC[C@@H](O)[C@@H](O)[C@@H]2O[C@H](c3ccccc3)OC[C@H]2O)CC1)C(=O)O. The predicted molar refractivity (Wildman–Crippen MR) is 211 cm³/mol. The van der Waals surface area contributed by atoms with Crippen LogP contribution in [0.2, 0.25) is 5.15 Å². The van der Waals surface area contributed by atoms with Crippen molar-refractivity contribution in [3.63, 3.8) is 0 Å². The number of nitrogen functional groups attached to an aromatic ring is 2. The number of carbonyl (C=O) groups is 3. The highest BCUT2D eigenvalue weighted by molar-refractivity contribution is 6.31. The Bertz CT molecular complexity index is 1800. The molecule has 310 valence electrons. The topological polar surface area (TPSA) is 259 Å². The van der Waals surface area contributed by atoms with Gasteiger partial charge in [-0.15, -0.1) is 0 Å². The molecule has 0 spiro atoms. The molecule has 1 aromatic heterocycles. The number of aryl methyl sites for hydroxylation is 1. The molecule has 0 aliphatic carbocycles. The molecule has 18 heteroatoms. The molecule has 2 aliphatic rings. The Morgan fingerprint density at radius 2 is 1.72 bits per heavy atom. The third-order valence-corrected chi connectivity index (χ3v) is 10.7. The van der Waals surface area contributed by atoms with Crippen molar-refractivity contribution in [2.45, 2.75) is 63.3 Å². The van der Waals surface area contributed by atoms with Crippen molar-refractivity contribution in [3.8, 4) is 0 Å². The minimum atomic E-state index is -1.40. The molecule has 2 saturated heterocycles. The molecule has 17 nitrogen and oxygen atoms in total. The van der Waals surface area contributed by atoms with Crippen LogP contribution in [0.4, 0.5) is 16.4 Å². The van der Waals surface area contributed by atoms with E-state index in [-0.39, 0.29) is 86.0 Å². The quantitative estimate of drug-likeness (QED) is 0.0901. The molecule has 2 aromatic carbocycles. The summed E-state index contributed by atoms with van der Waals surface area (Å²) in [6, 6.07) is 16.9. The maximum Gasteiger partial charge on any atom is 0.407 e. The molecule has 2 fully saturated rings. The van der Waals surface area contributed by atoms with E-state index in [4.69, 9.17) is 32.5 Å². The zero-order valence-electron chi connectivity index (χ0n) is 31.9. The average molecular weight is 813 g/mol. The number of nitrogens with zero attached hydrogens (tertiary/aromatic N) is 4. The molecule has 10 N–H and O–H groups in total. The van der Waals surface area contributed by atoms with Crippen molar-refractivity contribution in [2.75, 3.05) is 63.9 Å².